The number of anilines is 4. The van der Waals surface area contributed by atoms with E-state index in [4.69, 9.17) is 0 Å². The van der Waals surface area contributed by atoms with Crippen molar-refractivity contribution in [1.29, 1.82) is 0 Å². The summed E-state index contributed by atoms with van der Waals surface area (Å²) in [6.07, 6.45) is -2.06. The molecule has 2 aliphatic rings. The molecule has 2 aromatic heterocycles. The van der Waals surface area contributed by atoms with E-state index in [-0.39, 0.29) is 33.9 Å². The molecule has 3 amide bonds. The highest BCUT2D eigenvalue weighted by molar-refractivity contribution is 7.93. The molecule has 22 heteroatoms. The number of rotatable bonds is 8. The van der Waals surface area contributed by atoms with Crippen LogP contribution in [0.4, 0.5) is 34.8 Å². The lowest BCUT2D eigenvalue weighted by Crippen LogP contribution is -2.55. The Morgan fingerprint density at radius 3 is 1.62 bits per heavy atom. The molecular formula is C28H27F3N8O7S4. The van der Waals surface area contributed by atoms with Crippen molar-refractivity contribution in [1.82, 2.24) is 20.2 Å². The highest BCUT2D eigenvalue weighted by atomic mass is 32.2. The van der Waals surface area contributed by atoms with Gasteiger partial charge in [0, 0.05) is 60.7 Å². The Morgan fingerprint density at radius 2 is 1.22 bits per heavy atom. The van der Waals surface area contributed by atoms with Crippen LogP contribution in [0.5, 0.6) is 0 Å². The summed E-state index contributed by atoms with van der Waals surface area (Å²) < 4.78 is 91.2. The summed E-state index contributed by atoms with van der Waals surface area (Å²) in [6.45, 7) is 0.467. The summed E-state index contributed by atoms with van der Waals surface area (Å²) in [5, 5.41) is 6.81. The zero-order valence-electron chi connectivity index (χ0n) is 25.5. The Bertz CT molecular complexity index is 2030. The molecule has 0 bridgehead atoms. The van der Waals surface area contributed by atoms with Crippen LogP contribution >= 0.6 is 22.7 Å². The lowest BCUT2D eigenvalue weighted by molar-refractivity contribution is -0.186. The summed E-state index contributed by atoms with van der Waals surface area (Å²) >= 11 is 2.32. The average molecular weight is 773 g/mol. The van der Waals surface area contributed by atoms with E-state index in [0.717, 1.165) is 17.9 Å². The van der Waals surface area contributed by atoms with Crippen LogP contribution in [0.2, 0.25) is 0 Å². The first-order valence-corrected chi connectivity index (χ1v) is 19.1. The third-order valence-corrected chi connectivity index (χ3v) is 11.4. The predicted octanol–water partition coefficient (Wildman–Crippen LogP) is 2.56. The van der Waals surface area contributed by atoms with Gasteiger partial charge in [-0.1, -0.05) is 0 Å². The second-order valence-corrected chi connectivity index (χ2v) is 15.5. The van der Waals surface area contributed by atoms with E-state index in [1.165, 1.54) is 65.0 Å². The van der Waals surface area contributed by atoms with Crippen molar-refractivity contribution in [3.8, 4) is 0 Å². The van der Waals surface area contributed by atoms with Crippen molar-refractivity contribution in [3.05, 3.63) is 71.7 Å². The minimum Gasteiger partial charge on any atom is -0.324 e. The average Bonchev–Trinajstić information content (AvgIpc) is 3.79. The van der Waals surface area contributed by atoms with Gasteiger partial charge in [0.2, 0.25) is 11.8 Å². The van der Waals surface area contributed by atoms with Crippen molar-refractivity contribution in [2.24, 2.45) is 0 Å². The van der Waals surface area contributed by atoms with E-state index in [9.17, 15) is 44.4 Å². The van der Waals surface area contributed by atoms with Gasteiger partial charge in [0.25, 0.3) is 20.0 Å². The number of hydrogen-bond donors (Lipinski definition) is 3. The number of carbonyl (C=O) groups excluding carboxylic acids is 3. The largest absolute Gasteiger partial charge is 0.471 e. The quantitative estimate of drug-likeness (QED) is 0.240. The predicted molar refractivity (Wildman–Crippen MR) is 179 cm³/mol. The number of hydrogen-bond acceptors (Lipinski definition) is 12. The maximum atomic E-state index is 12.5. The smallest absolute Gasteiger partial charge is 0.324 e. The van der Waals surface area contributed by atoms with Gasteiger partial charge in [-0.05, 0) is 48.5 Å². The van der Waals surface area contributed by atoms with E-state index in [0.29, 0.717) is 34.5 Å². The molecule has 2 aromatic carbocycles. The van der Waals surface area contributed by atoms with E-state index in [2.05, 4.69) is 24.7 Å². The highest BCUT2D eigenvalue weighted by Crippen LogP contribution is 2.25. The zero-order chi connectivity index (χ0) is 36.1. The molecule has 0 spiro atoms. The SMILES string of the molecule is O=C1CN(C(=O)C(F)(F)F)CCN1c1ccc(S(=O)(=O)Nc2nccs2)cc1.O=C1CNCCN1c1ccc(S(=O)(=O)Nc2nccs2)cc1. The van der Waals surface area contributed by atoms with Gasteiger partial charge in [0.05, 0.1) is 16.3 Å². The van der Waals surface area contributed by atoms with Crippen LogP contribution in [0, 0.1) is 0 Å². The molecular weight excluding hydrogens is 746 g/mol. The Morgan fingerprint density at radius 1 is 0.740 bits per heavy atom. The Hall–Kier alpha value is -4.64. The molecule has 6 rings (SSSR count). The standard InChI is InChI=1S/C15H13F3N4O4S2.C13H14N4O3S2/c16-15(17,18)13(24)21-6-7-22(12(23)9-21)10-1-3-11(4-2-10)28(25,26)20-14-19-5-8-27-14;18-12-9-14-5-7-17(12)10-1-3-11(4-2-10)22(19,20)16-13-15-6-8-21-13/h1-5,8H,6-7,9H2,(H,19,20);1-4,6,8,14H,5,7,9H2,(H,15,16). The first-order chi connectivity index (χ1) is 23.6. The van der Waals surface area contributed by atoms with Gasteiger partial charge < -0.3 is 20.0 Å². The zero-order valence-corrected chi connectivity index (χ0v) is 28.8. The van der Waals surface area contributed by atoms with Crippen molar-refractivity contribution in [3.63, 3.8) is 0 Å². The minimum atomic E-state index is -5.04. The maximum Gasteiger partial charge on any atom is 0.471 e. The number of amides is 3. The molecule has 2 saturated heterocycles. The van der Waals surface area contributed by atoms with Gasteiger partial charge in [0.1, 0.15) is 6.54 Å². The van der Waals surface area contributed by atoms with Gasteiger partial charge in [-0.15, -0.1) is 22.7 Å². The normalized spacial score (nSPS) is 15.7. The molecule has 15 nitrogen and oxygen atoms in total. The second-order valence-electron chi connectivity index (χ2n) is 10.4. The molecule has 0 unspecified atom stereocenters. The van der Waals surface area contributed by atoms with Crippen LogP contribution in [0.15, 0.2) is 81.5 Å². The third-order valence-electron chi connectivity index (χ3n) is 7.07. The molecule has 2 fully saturated rings. The number of thiazole rings is 2. The van der Waals surface area contributed by atoms with Crippen LogP contribution in [0.1, 0.15) is 0 Å². The fraction of sp³-hybridized carbons (Fsp3) is 0.250. The summed E-state index contributed by atoms with van der Waals surface area (Å²) in [4.78, 5) is 46.3. The summed E-state index contributed by atoms with van der Waals surface area (Å²) in [6, 6.07) is 11.5. The number of nitrogens with one attached hydrogen (secondary N) is 3. The number of alkyl halides is 3. The van der Waals surface area contributed by atoms with E-state index >= 15 is 0 Å². The Balaban J connectivity index is 0.000000200. The van der Waals surface area contributed by atoms with Gasteiger partial charge >= 0.3 is 12.1 Å². The number of benzene rings is 2. The van der Waals surface area contributed by atoms with Crippen LogP contribution in [0.25, 0.3) is 0 Å². The van der Waals surface area contributed by atoms with E-state index < -0.39 is 44.6 Å². The van der Waals surface area contributed by atoms with Gasteiger partial charge in [-0.25, -0.2) is 26.8 Å². The first kappa shape index (κ1) is 36.6. The molecule has 266 valence electrons. The molecule has 0 radical (unpaired) electrons. The molecule has 4 aromatic rings. The molecule has 3 N–H and O–H groups in total. The number of piperazine rings is 2. The Labute approximate surface area is 291 Å². The molecule has 4 heterocycles. The van der Waals surface area contributed by atoms with Crippen LogP contribution in [0.3, 0.4) is 0 Å². The maximum absolute atomic E-state index is 12.5. The topological polar surface area (TPSA) is 191 Å². The summed E-state index contributed by atoms with van der Waals surface area (Å²) in [5.74, 6) is -2.78. The number of aromatic nitrogens is 2. The van der Waals surface area contributed by atoms with Crippen molar-refractivity contribution in [2.45, 2.75) is 16.0 Å². The summed E-state index contributed by atoms with van der Waals surface area (Å²) in [5.41, 5.74) is 1.01. The van der Waals surface area contributed by atoms with Crippen molar-refractivity contribution >= 4 is 82.1 Å². The van der Waals surface area contributed by atoms with Gasteiger partial charge in [0.15, 0.2) is 10.3 Å². The molecule has 0 saturated carbocycles. The number of sulfonamides is 2. The van der Waals surface area contributed by atoms with Gasteiger partial charge in [-0.3, -0.25) is 23.8 Å². The van der Waals surface area contributed by atoms with Crippen LogP contribution in [-0.4, -0.2) is 94.9 Å². The molecule has 50 heavy (non-hydrogen) atoms. The van der Waals surface area contributed by atoms with Crippen LogP contribution < -0.4 is 24.6 Å². The molecule has 2 aliphatic heterocycles. The number of halogens is 3. The lowest BCUT2D eigenvalue weighted by atomic mass is 10.2. The van der Waals surface area contributed by atoms with E-state index in [1.807, 2.05) is 0 Å². The van der Waals surface area contributed by atoms with E-state index in [1.54, 1.807) is 27.8 Å². The second kappa shape index (κ2) is 15.1. The van der Waals surface area contributed by atoms with Crippen molar-refractivity contribution in [2.75, 3.05) is 58.5 Å². The van der Waals surface area contributed by atoms with Gasteiger partial charge in [-0.2, -0.15) is 13.2 Å². The Kier molecular flexibility index (Phi) is 11.1. The lowest BCUT2D eigenvalue weighted by Gasteiger charge is -2.34. The molecule has 0 atom stereocenters. The summed E-state index contributed by atoms with van der Waals surface area (Å²) in [7, 11) is -7.53. The first-order valence-electron chi connectivity index (χ1n) is 14.4. The number of nitrogens with zero attached hydrogens (tertiary/aromatic N) is 5. The fourth-order valence-electron chi connectivity index (χ4n) is 4.68. The highest BCUT2D eigenvalue weighted by Gasteiger charge is 2.44. The minimum absolute atomic E-state index is 0.0252. The van der Waals surface area contributed by atoms with Crippen LogP contribution in [-0.2, 0) is 34.4 Å². The monoisotopic (exact) mass is 772 g/mol. The van der Waals surface area contributed by atoms with Crippen molar-refractivity contribution < 1.29 is 44.4 Å². The third kappa shape index (κ3) is 8.93. The fourth-order valence-corrected chi connectivity index (χ4v) is 8.26. The molecule has 0 aliphatic carbocycles. The number of carbonyl (C=O) groups is 3.